The fraction of sp³-hybridized carbons (Fsp3) is 0.0714. The van der Waals surface area contributed by atoms with Crippen molar-refractivity contribution < 1.29 is 4.39 Å². The van der Waals surface area contributed by atoms with E-state index in [1.807, 2.05) is 30.3 Å². The highest BCUT2D eigenvalue weighted by Gasteiger charge is 1.96. The predicted octanol–water partition coefficient (Wildman–Crippen LogP) is 2.75. The van der Waals surface area contributed by atoms with Crippen molar-refractivity contribution in [1.29, 1.82) is 0 Å². The topological polar surface area (TPSA) is 50.4 Å². The molecule has 0 amide bonds. The summed E-state index contributed by atoms with van der Waals surface area (Å²) in [5, 5.41) is 2.90. The van der Waals surface area contributed by atoms with Crippen LogP contribution < -0.4 is 11.1 Å². The summed E-state index contributed by atoms with van der Waals surface area (Å²) in [7, 11) is 0. The van der Waals surface area contributed by atoms with E-state index < -0.39 is 0 Å². The highest BCUT2D eigenvalue weighted by atomic mass is 19.1. The summed E-state index contributed by atoms with van der Waals surface area (Å²) in [6, 6.07) is 15.8. The summed E-state index contributed by atoms with van der Waals surface area (Å²) >= 11 is 0. The van der Waals surface area contributed by atoms with Crippen molar-refractivity contribution in [2.75, 3.05) is 5.32 Å². The molecule has 4 heteroatoms. The third kappa shape index (κ3) is 3.59. The summed E-state index contributed by atoms with van der Waals surface area (Å²) < 4.78 is 12.7. The van der Waals surface area contributed by atoms with Crippen molar-refractivity contribution in [2.45, 2.75) is 6.54 Å². The van der Waals surface area contributed by atoms with Crippen LogP contribution in [0.2, 0.25) is 0 Å². The molecule has 2 aromatic carbocycles. The molecule has 0 heterocycles. The lowest BCUT2D eigenvalue weighted by Crippen LogP contribution is -2.22. The van der Waals surface area contributed by atoms with Gasteiger partial charge >= 0.3 is 0 Å². The first-order valence-corrected chi connectivity index (χ1v) is 5.60. The van der Waals surface area contributed by atoms with Gasteiger partial charge in [0, 0.05) is 5.69 Å². The first-order valence-electron chi connectivity index (χ1n) is 5.60. The van der Waals surface area contributed by atoms with Gasteiger partial charge in [-0.05, 0) is 29.8 Å². The van der Waals surface area contributed by atoms with Crippen LogP contribution in [0.5, 0.6) is 0 Å². The Bertz CT molecular complexity index is 520. The molecule has 3 N–H and O–H groups in total. The third-order valence-electron chi connectivity index (χ3n) is 2.39. The number of nitrogens with one attached hydrogen (secondary N) is 1. The molecule has 0 aliphatic heterocycles. The van der Waals surface area contributed by atoms with Crippen molar-refractivity contribution in [2.24, 2.45) is 10.7 Å². The van der Waals surface area contributed by atoms with Gasteiger partial charge in [0.05, 0.1) is 6.54 Å². The monoisotopic (exact) mass is 243 g/mol. The lowest BCUT2D eigenvalue weighted by atomic mass is 10.2. The van der Waals surface area contributed by atoms with Crippen LogP contribution in [-0.2, 0) is 6.54 Å². The van der Waals surface area contributed by atoms with Gasteiger partial charge in [-0.2, -0.15) is 0 Å². The quantitative estimate of drug-likeness (QED) is 0.643. The van der Waals surface area contributed by atoms with Gasteiger partial charge in [0.2, 0.25) is 0 Å². The average molecular weight is 243 g/mol. The molecular weight excluding hydrogens is 229 g/mol. The van der Waals surface area contributed by atoms with Gasteiger partial charge in [-0.15, -0.1) is 0 Å². The largest absolute Gasteiger partial charge is 0.370 e. The number of nitrogens with two attached hydrogens (primary N) is 1. The van der Waals surface area contributed by atoms with E-state index in [4.69, 9.17) is 5.73 Å². The Balaban J connectivity index is 1.95. The molecule has 0 spiro atoms. The predicted molar refractivity (Wildman–Crippen MR) is 71.8 cm³/mol. The summed E-state index contributed by atoms with van der Waals surface area (Å²) in [4.78, 5) is 4.20. The lowest BCUT2D eigenvalue weighted by Gasteiger charge is -2.05. The molecule has 3 nitrogen and oxygen atoms in total. The first-order chi connectivity index (χ1) is 8.74. The maximum absolute atomic E-state index is 12.7. The van der Waals surface area contributed by atoms with E-state index in [9.17, 15) is 4.39 Å². The number of aliphatic imine (C=N–C) groups is 1. The number of benzene rings is 2. The Hall–Kier alpha value is -2.36. The molecule has 92 valence electrons. The molecule has 0 radical (unpaired) electrons. The fourth-order valence-electron chi connectivity index (χ4n) is 1.48. The zero-order valence-electron chi connectivity index (χ0n) is 9.81. The molecule has 2 rings (SSSR count). The molecule has 0 atom stereocenters. The van der Waals surface area contributed by atoms with Gasteiger partial charge in [0.1, 0.15) is 5.82 Å². The van der Waals surface area contributed by atoms with Gasteiger partial charge in [-0.25, -0.2) is 9.38 Å². The standard InChI is InChI=1S/C14H14FN3/c15-12-6-8-13(9-7-12)18-14(16)17-10-11-4-2-1-3-5-11/h1-9H,10H2,(H3,16,17,18). The minimum Gasteiger partial charge on any atom is -0.370 e. The molecule has 2 aromatic rings. The first kappa shape index (κ1) is 12.1. The number of guanidine groups is 1. The van der Waals surface area contributed by atoms with Crippen LogP contribution in [0.3, 0.4) is 0 Å². The van der Waals surface area contributed by atoms with Crippen LogP contribution >= 0.6 is 0 Å². The summed E-state index contributed by atoms with van der Waals surface area (Å²) in [5.74, 6) is 0.0332. The van der Waals surface area contributed by atoms with Crippen LogP contribution in [0.15, 0.2) is 59.6 Å². The second-order valence-corrected chi connectivity index (χ2v) is 3.82. The van der Waals surface area contributed by atoms with Crippen LogP contribution in [0.25, 0.3) is 0 Å². The summed E-state index contributed by atoms with van der Waals surface area (Å²) in [5.41, 5.74) is 7.53. The molecule has 0 saturated carbocycles. The number of hydrogen-bond donors (Lipinski definition) is 2. The SMILES string of the molecule is NC(=NCc1ccccc1)Nc1ccc(F)cc1. The third-order valence-corrected chi connectivity index (χ3v) is 2.39. The van der Waals surface area contributed by atoms with Crippen molar-refractivity contribution in [3.63, 3.8) is 0 Å². The van der Waals surface area contributed by atoms with Gasteiger partial charge in [0.15, 0.2) is 5.96 Å². The maximum atomic E-state index is 12.7. The summed E-state index contributed by atoms with van der Waals surface area (Å²) in [6.45, 7) is 0.515. The molecule has 0 aromatic heterocycles. The minimum atomic E-state index is -0.277. The van der Waals surface area contributed by atoms with Crippen LogP contribution in [0.4, 0.5) is 10.1 Å². The second-order valence-electron chi connectivity index (χ2n) is 3.82. The van der Waals surface area contributed by atoms with E-state index in [2.05, 4.69) is 10.3 Å². The van der Waals surface area contributed by atoms with Crippen LogP contribution in [0, 0.1) is 5.82 Å². The fourth-order valence-corrected chi connectivity index (χ4v) is 1.48. The minimum absolute atomic E-state index is 0.277. The number of nitrogens with zero attached hydrogens (tertiary/aromatic N) is 1. The Morgan fingerprint density at radius 2 is 1.72 bits per heavy atom. The zero-order chi connectivity index (χ0) is 12.8. The number of anilines is 1. The number of hydrogen-bond acceptors (Lipinski definition) is 1. The van der Waals surface area contributed by atoms with E-state index in [0.29, 0.717) is 18.2 Å². The van der Waals surface area contributed by atoms with E-state index in [1.165, 1.54) is 12.1 Å². The van der Waals surface area contributed by atoms with Gasteiger partial charge in [-0.1, -0.05) is 30.3 Å². The second kappa shape index (κ2) is 5.82. The highest BCUT2D eigenvalue weighted by Crippen LogP contribution is 2.07. The Labute approximate surface area is 105 Å². The van der Waals surface area contributed by atoms with Crippen molar-refractivity contribution in [3.8, 4) is 0 Å². The van der Waals surface area contributed by atoms with Crippen LogP contribution in [-0.4, -0.2) is 5.96 Å². The van der Waals surface area contributed by atoms with Crippen LogP contribution in [0.1, 0.15) is 5.56 Å². The molecule has 0 saturated heterocycles. The molecule has 0 bridgehead atoms. The Morgan fingerprint density at radius 3 is 2.39 bits per heavy atom. The lowest BCUT2D eigenvalue weighted by molar-refractivity contribution is 0.628. The smallest absolute Gasteiger partial charge is 0.193 e. The molecule has 0 unspecified atom stereocenters. The normalized spacial score (nSPS) is 11.3. The van der Waals surface area contributed by atoms with E-state index in [1.54, 1.807) is 12.1 Å². The number of halogens is 1. The van der Waals surface area contributed by atoms with Crippen molar-refractivity contribution >= 4 is 11.6 Å². The average Bonchev–Trinajstić information content (AvgIpc) is 2.40. The summed E-state index contributed by atoms with van der Waals surface area (Å²) in [6.07, 6.45) is 0. The number of rotatable bonds is 3. The van der Waals surface area contributed by atoms with Gasteiger partial charge in [-0.3, -0.25) is 0 Å². The van der Waals surface area contributed by atoms with E-state index in [-0.39, 0.29) is 5.82 Å². The van der Waals surface area contributed by atoms with E-state index >= 15 is 0 Å². The van der Waals surface area contributed by atoms with Gasteiger partial charge in [0.25, 0.3) is 0 Å². The molecular formula is C14H14FN3. The maximum Gasteiger partial charge on any atom is 0.193 e. The van der Waals surface area contributed by atoms with Crippen molar-refractivity contribution in [1.82, 2.24) is 0 Å². The van der Waals surface area contributed by atoms with Gasteiger partial charge < -0.3 is 11.1 Å². The molecule has 0 aliphatic carbocycles. The zero-order valence-corrected chi connectivity index (χ0v) is 9.81. The van der Waals surface area contributed by atoms with Crippen molar-refractivity contribution in [3.05, 3.63) is 66.0 Å². The molecule has 18 heavy (non-hydrogen) atoms. The highest BCUT2D eigenvalue weighted by molar-refractivity contribution is 5.92. The molecule has 0 fully saturated rings. The molecule has 0 aliphatic rings. The van der Waals surface area contributed by atoms with E-state index in [0.717, 1.165) is 5.56 Å². The Morgan fingerprint density at radius 1 is 1.06 bits per heavy atom. The Kier molecular flexibility index (Phi) is 3.91.